The van der Waals surface area contributed by atoms with Crippen molar-refractivity contribution in [2.45, 2.75) is 37.8 Å². The molecule has 0 saturated carbocycles. The Hall–Kier alpha value is -6.16. The molecule has 61 heavy (non-hydrogen) atoms. The van der Waals surface area contributed by atoms with E-state index in [2.05, 4.69) is 46.1 Å². The van der Waals surface area contributed by atoms with Gasteiger partial charge in [-0.1, -0.05) is 24.8 Å². The SMILES string of the molecule is C=C1CCC(N2C(=O)c3ccc(N4CCN(CC5CN(CCN6CCC(n7nc(-c8ccc(Oc9ccccc9)cc8)c8c(N)ncnc87)CC6)C5)CC4)cc3C2=O)C(=O)N1. The van der Waals surface area contributed by atoms with Crippen molar-refractivity contribution in [1.82, 2.24) is 44.7 Å². The van der Waals surface area contributed by atoms with Crippen LogP contribution in [0.5, 0.6) is 11.5 Å². The third kappa shape index (κ3) is 7.73. The molecular weight excluding hydrogens is 771 g/mol. The quantitative estimate of drug-likeness (QED) is 0.178. The van der Waals surface area contributed by atoms with Gasteiger partial charge in [-0.3, -0.25) is 24.2 Å². The molecule has 10 rings (SSSR count). The van der Waals surface area contributed by atoms with Gasteiger partial charge in [0.25, 0.3) is 11.8 Å². The van der Waals surface area contributed by atoms with Crippen LogP contribution in [0.4, 0.5) is 11.5 Å². The monoisotopic (exact) mass is 821 g/mol. The zero-order valence-electron chi connectivity index (χ0n) is 34.3. The summed E-state index contributed by atoms with van der Waals surface area (Å²) in [7, 11) is 0. The highest BCUT2D eigenvalue weighted by molar-refractivity contribution is 6.23. The lowest BCUT2D eigenvalue weighted by Gasteiger charge is -2.44. The summed E-state index contributed by atoms with van der Waals surface area (Å²) >= 11 is 0. The number of fused-ring (bicyclic) bond motifs is 2. The van der Waals surface area contributed by atoms with E-state index in [0.717, 1.165) is 129 Å². The van der Waals surface area contributed by atoms with Crippen molar-refractivity contribution in [2.75, 3.05) is 82.6 Å². The van der Waals surface area contributed by atoms with Crippen molar-refractivity contribution in [3.63, 3.8) is 0 Å². The molecule has 4 fully saturated rings. The lowest BCUT2D eigenvalue weighted by molar-refractivity contribution is -0.125. The molecule has 0 radical (unpaired) electrons. The lowest BCUT2D eigenvalue weighted by Crippen LogP contribution is -2.56. The van der Waals surface area contributed by atoms with Crippen LogP contribution >= 0.6 is 0 Å². The van der Waals surface area contributed by atoms with Crippen LogP contribution in [0.1, 0.15) is 52.4 Å². The molecular formula is C46H51N11O4. The number of nitrogens with one attached hydrogen (secondary N) is 1. The number of piperazine rings is 1. The fourth-order valence-electron chi connectivity index (χ4n) is 9.69. The molecule has 0 aliphatic carbocycles. The number of hydrogen-bond donors (Lipinski definition) is 2. The molecule has 3 amide bonds. The number of amides is 3. The van der Waals surface area contributed by atoms with Crippen molar-refractivity contribution >= 4 is 40.3 Å². The molecule has 1 unspecified atom stereocenters. The molecule has 5 aromatic rings. The van der Waals surface area contributed by atoms with Crippen molar-refractivity contribution in [2.24, 2.45) is 5.92 Å². The van der Waals surface area contributed by atoms with Gasteiger partial charge in [0.2, 0.25) is 5.91 Å². The summed E-state index contributed by atoms with van der Waals surface area (Å²) in [5.41, 5.74) is 11.3. The summed E-state index contributed by atoms with van der Waals surface area (Å²) in [6.45, 7) is 14.9. The van der Waals surface area contributed by atoms with Gasteiger partial charge >= 0.3 is 0 Å². The number of para-hydroxylation sites is 1. The van der Waals surface area contributed by atoms with E-state index in [1.165, 1.54) is 6.33 Å². The maximum absolute atomic E-state index is 13.4. The van der Waals surface area contributed by atoms with E-state index in [4.69, 9.17) is 15.6 Å². The van der Waals surface area contributed by atoms with E-state index >= 15 is 0 Å². The fourth-order valence-corrected chi connectivity index (χ4v) is 9.69. The standard InChI is InChI=1S/C46H51N11O4/c1-30-7-14-39(44(58)50-30)56-45(59)37-13-10-34(25-38(37)46(56)60)55-23-21-53(22-24-55)26-31-27-54(28-31)20-19-52-17-15-33(16-18-52)57-43-40(42(47)48-29-49-43)41(51-57)32-8-11-36(12-9-32)61-35-5-3-2-4-6-35/h2-6,8-13,25,29,31,33,39H,1,7,14-24,26-28H2,(H,50,58)(H2,47,48,49). The minimum absolute atomic E-state index is 0.230. The molecule has 15 heteroatoms. The number of rotatable bonds is 11. The van der Waals surface area contributed by atoms with Gasteiger partial charge in [0.05, 0.1) is 22.6 Å². The predicted octanol–water partition coefficient (Wildman–Crippen LogP) is 4.65. The number of nitrogen functional groups attached to an aromatic ring is 1. The molecule has 5 aliphatic rings. The number of carbonyl (C=O) groups is 3. The van der Waals surface area contributed by atoms with E-state index in [0.29, 0.717) is 41.4 Å². The second-order valence-electron chi connectivity index (χ2n) is 17.0. The highest BCUT2D eigenvalue weighted by Gasteiger charge is 2.44. The average Bonchev–Trinajstić information content (AvgIpc) is 3.77. The summed E-state index contributed by atoms with van der Waals surface area (Å²) in [4.78, 5) is 59.3. The van der Waals surface area contributed by atoms with Crippen LogP contribution in [0.15, 0.2) is 91.4 Å². The predicted molar refractivity (Wildman–Crippen MR) is 232 cm³/mol. The van der Waals surface area contributed by atoms with Gasteiger partial charge in [-0.25, -0.2) is 14.6 Å². The Morgan fingerprint density at radius 3 is 2.25 bits per heavy atom. The highest BCUT2D eigenvalue weighted by Crippen LogP contribution is 2.36. The molecule has 314 valence electrons. The zero-order chi connectivity index (χ0) is 41.6. The number of piperidine rings is 2. The number of imide groups is 1. The highest BCUT2D eigenvalue weighted by atomic mass is 16.5. The third-order valence-corrected chi connectivity index (χ3v) is 13.1. The second kappa shape index (κ2) is 16.4. The van der Waals surface area contributed by atoms with Crippen molar-refractivity contribution in [1.29, 1.82) is 0 Å². The molecule has 7 heterocycles. The van der Waals surface area contributed by atoms with Gasteiger partial charge in [0, 0.05) is 88.9 Å². The maximum atomic E-state index is 13.4. The number of nitrogens with two attached hydrogens (primary N) is 1. The summed E-state index contributed by atoms with van der Waals surface area (Å²) < 4.78 is 8.09. The molecule has 15 nitrogen and oxygen atoms in total. The van der Waals surface area contributed by atoms with E-state index < -0.39 is 11.9 Å². The number of benzene rings is 3. The van der Waals surface area contributed by atoms with Crippen LogP contribution in [-0.4, -0.2) is 135 Å². The van der Waals surface area contributed by atoms with E-state index in [1.54, 1.807) is 6.07 Å². The Morgan fingerprint density at radius 2 is 1.49 bits per heavy atom. The minimum atomic E-state index is -0.801. The first-order chi connectivity index (χ1) is 29.8. The van der Waals surface area contributed by atoms with E-state index in [1.807, 2.05) is 66.7 Å². The summed E-state index contributed by atoms with van der Waals surface area (Å²) in [5.74, 6) is 1.52. The molecule has 3 N–H and O–H groups in total. The first-order valence-electron chi connectivity index (χ1n) is 21.5. The smallest absolute Gasteiger partial charge is 0.262 e. The first-order valence-corrected chi connectivity index (χ1v) is 21.5. The number of likely N-dealkylation sites (tertiary alicyclic amines) is 2. The first kappa shape index (κ1) is 39.0. The second-order valence-corrected chi connectivity index (χ2v) is 17.0. The molecule has 2 aromatic heterocycles. The van der Waals surface area contributed by atoms with Crippen molar-refractivity contribution in [3.05, 3.63) is 103 Å². The van der Waals surface area contributed by atoms with Gasteiger partial charge in [-0.05, 0) is 86.2 Å². The summed E-state index contributed by atoms with van der Waals surface area (Å²) in [6, 6.07) is 22.6. The van der Waals surface area contributed by atoms with Crippen LogP contribution in [-0.2, 0) is 4.79 Å². The number of anilines is 2. The van der Waals surface area contributed by atoms with Crippen LogP contribution < -0.4 is 20.7 Å². The van der Waals surface area contributed by atoms with Gasteiger partial charge < -0.3 is 30.5 Å². The lowest BCUT2D eigenvalue weighted by atomic mass is 9.98. The maximum Gasteiger partial charge on any atom is 0.262 e. The van der Waals surface area contributed by atoms with Crippen molar-refractivity contribution < 1.29 is 19.1 Å². The Morgan fingerprint density at radius 1 is 0.770 bits per heavy atom. The van der Waals surface area contributed by atoms with Crippen LogP contribution in [0, 0.1) is 5.92 Å². The number of hydrogen-bond acceptors (Lipinski definition) is 12. The van der Waals surface area contributed by atoms with E-state index in [-0.39, 0.29) is 17.9 Å². The van der Waals surface area contributed by atoms with Crippen LogP contribution in [0.25, 0.3) is 22.3 Å². The molecule has 3 aromatic carbocycles. The number of carbonyl (C=O) groups excluding carboxylic acids is 3. The largest absolute Gasteiger partial charge is 0.457 e. The number of nitrogens with zero attached hydrogens (tertiary/aromatic N) is 9. The molecule has 0 spiro atoms. The van der Waals surface area contributed by atoms with Gasteiger partial charge in [0.1, 0.15) is 35.4 Å². The number of aromatic nitrogens is 4. The zero-order valence-corrected chi connectivity index (χ0v) is 34.3. The van der Waals surface area contributed by atoms with Gasteiger partial charge in [-0.2, -0.15) is 5.10 Å². The normalized spacial score (nSPS) is 21.0. The minimum Gasteiger partial charge on any atom is -0.457 e. The van der Waals surface area contributed by atoms with Crippen molar-refractivity contribution in [3.8, 4) is 22.8 Å². The Labute approximate surface area is 354 Å². The molecule has 5 aliphatic heterocycles. The third-order valence-electron chi connectivity index (χ3n) is 13.1. The fraction of sp³-hybridized carbons (Fsp3) is 0.391. The Balaban J connectivity index is 0.670. The van der Waals surface area contributed by atoms with Gasteiger partial charge in [0.15, 0.2) is 5.65 Å². The number of allylic oxidation sites excluding steroid dienone is 1. The molecule has 1 atom stereocenters. The van der Waals surface area contributed by atoms with Crippen LogP contribution in [0.3, 0.4) is 0 Å². The Kier molecular flexibility index (Phi) is 10.5. The topological polar surface area (TPSA) is 158 Å². The van der Waals surface area contributed by atoms with Crippen LogP contribution in [0.2, 0.25) is 0 Å². The molecule has 0 bridgehead atoms. The summed E-state index contributed by atoms with van der Waals surface area (Å²) in [5, 5.41) is 8.60. The Bertz CT molecular complexity index is 2470. The average molecular weight is 822 g/mol. The summed E-state index contributed by atoms with van der Waals surface area (Å²) in [6.07, 6.45) is 4.46. The van der Waals surface area contributed by atoms with Gasteiger partial charge in [-0.15, -0.1) is 0 Å². The van der Waals surface area contributed by atoms with E-state index in [9.17, 15) is 14.4 Å². The molecule has 4 saturated heterocycles. The number of ether oxygens (including phenoxy) is 1.